The lowest BCUT2D eigenvalue weighted by atomic mass is 9.92. The van der Waals surface area contributed by atoms with E-state index in [9.17, 15) is 4.79 Å². The minimum Gasteiger partial charge on any atom is -0.444 e. The van der Waals surface area contributed by atoms with Crippen molar-refractivity contribution in [1.82, 2.24) is 4.90 Å². The number of hydrogen-bond donors (Lipinski definition) is 0. The fourth-order valence-electron chi connectivity index (χ4n) is 2.37. The molecule has 1 heterocycles. The molecule has 0 radical (unpaired) electrons. The number of rotatable bonds is 4. The Hall–Kier alpha value is -0.770. The van der Waals surface area contributed by atoms with E-state index in [-0.39, 0.29) is 11.7 Å². The van der Waals surface area contributed by atoms with Crippen molar-refractivity contribution in [2.45, 2.75) is 71.5 Å². The molecule has 1 rings (SSSR count). The van der Waals surface area contributed by atoms with E-state index in [0.717, 1.165) is 25.7 Å². The zero-order valence-electron chi connectivity index (χ0n) is 13.1. The zero-order chi connectivity index (χ0) is 14.5. The van der Waals surface area contributed by atoms with Gasteiger partial charge in [-0.3, -0.25) is 0 Å². The zero-order valence-corrected chi connectivity index (χ0v) is 13.1. The summed E-state index contributed by atoms with van der Waals surface area (Å²) in [6.07, 6.45) is 4.02. The molecule has 0 bridgehead atoms. The summed E-state index contributed by atoms with van der Waals surface area (Å²) in [7, 11) is 0. The molecule has 1 aliphatic heterocycles. The van der Waals surface area contributed by atoms with Crippen molar-refractivity contribution in [1.29, 1.82) is 0 Å². The van der Waals surface area contributed by atoms with Crippen LogP contribution < -0.4 is 0 Å². The second kappa shape index (κ2) is 6.60. The first-order valence-corrected chi connectivity index (χ1v) is 7.44. The predicted octanol–water partition coefficient (Wildman–Crippen LogP) is 3.59. The highest BCUT2D eigenvalue weighted by Crippen LogP contribution is 2.28. The van der Waals surface area contributed by atoms with Gasteiger partial charge in [0.1, 0.15) is 5.60 Å². The number of morpholine rings is 1. The van der Waals surface area contributed by atoms with Gasteiger partial charge in [-0.2, -0.15) is 0 Å². The maximum Gasteiger partial charge on any atom is 0.410 e. The Labute approximate surface area is 117 Å². The number of unbranched alkanes of at least 4 members (excludes halogenated alkanes) is 1. The van der Waals surface area contributed by atoms with Gasteiger partial charge in [0.05, 0.1) is 18.8 Å². The number of carbonyl (C=O) groups excluding carboxylic acids is 1. The van der Waals surface area contributed by atoms with Crippen molar-refractivity contribution < 1.29 is 14.3 Å². The number of nitrogens with zero attached hydrogens (tertiary/aromatic N) is 1. The van der Waals surface area contributed by atoms with Crippen LogP contribution >= 0.6 is 0 Å². The van der Waals surface area contributed by atoms with Gasteiger partial charge in [-0.15, -0.1) is 0 Å². The third kappa shape index (κ3) is 5.01. The fraction of sp³-hybridized carbons (Fsp3) is 0.933. The quantitative estimate of drug-likeness (QED) is 0.784. The van der Waals surface area contributed by atoms with E-state index in [1.807, 2.05) is 20.8 Å². The highest BCUT2D eigenvalue weighted by Gasteiger charge is 2.37. The summed E-state index contributed by atoms with van der Waals surface area (Å²) in [6, 6.07) is 0. The van der Waals surface area contributed by atoms with Crippen LogP contribution in [0, 0.1) is 0 Å². The molecule has 1 amide bonds. The first kappa shape index (κ1) is 16.3. The van der Waals surface area contributed by atoms with Crippen LogP contribution in [0.5, 0.6) is 0 Å². The van der Waals surface area contributed by atoms with E-state index in [4.69, 9.17) is 9.47 Å². The van der Waals surface area contributed by atoms with Crippen LogP contribution in [0.4, 0.5) is 4.79 Å². The standard InChI is InChI=1S/C15H29NO3/c1-6-8-9-15(7-2)12-16(10-11-18-15)13(17)19-14(3,4)5/h6-12H2,1-5H3. The van der Waals surface area contributed by atoms with Crippen molar-refractivity contribution in [3.8, 4) is 0 Å². The Bertz CT molecular complexity index is 298. The van der Waals surface area contributed by atoms with Gasteiger partial charge in [-0.05, 0) is 33.6 Å². The summed E-state index contributed by atoms with van der Waals surface area (Å²) >= 11 is 0. The highest BCUT2D eigenvalue weighted by atomic mass is 16.6. The summed E-state index contributed by atoms with van der Waals surface area (Å²) in [5, 5.41) is 0. The van der Waals surface area contributed by atoms with E-state index in [0.29, 0.717) is 19.7 Å². The van der Waals surface area contributed by atoms with Crippen LogP contribution in [0.2, 0.25) is 0 Å². The van der Waals surface area contributed by atoms with Crippen molar-refractivity contribution >= 4 is 6.09 Å². The van der Waals surface area contributed by atoms with Crippen LogP contribution in [0.3, 0.4) is 0 Å². The molecule has 1 atom stereocenters. The minimum absolute atomic E-state index is 0.175. The predicted molar refractivity (Wildman–Crippen MR) is 76.3 cm³/mol. The Morgan fingerprint density at radius 2 is 2.05 bits per heavy atom. The van der Waals surface area contributed by atoms with Crippen LogP contribution in [-0.2, 0) is 9.47 Å². The molecule has 19 heavy (non-hydrogen) atoms. The number of ether oxygens (including phenoxy) is 2. The molecule has 1 aliphatic rings. The molecule has 0 saturated carbocycles. The van der Waals surface area contributed by atoms with Crippen molar-refractivity contribution in [2.24, 2.45) is 0 Å². The van der Waals surface area contributed by atoms with Gasteiger partial charge >= 0.3 is 6.09 Å². The van der Waals surface area contributed by atoms with E-state index in [1.54, 1.807) is 4.90 Å². The third-order valence-corrected chi connectivity index (χ3v) is 3.53. The Morgan fingerprint density at radius 1 is 1.37 bits per heavy atom. The van der Waals surface area contributed by atoms with E-state index >= 15 is 0 Å². The molecule has 0 aliphatic carbocycles. The maximum atomic E-state index is 12.1. The summed E-state index contributed by atoms with van der Waals surface area (Å²) in [5.74, 6) is 0. The van der Waals surface area contributed by atoms with Gasteiger partial charge in [0.2, 0.25) is 0 Å². The number of carbonyl (C=O) groups is 1. The molecular weight excluding hydrogens is 242 g/mol. The number of hydrogen-bond acceptors (Lipinski definition) is 3. The topological polar surface area (TPSA) is 38.8 Å². The Morgan fingerprint density at radius 3 is 2.58 bits per heavy atom. The fourth-order valence-corrected chi connectivity index (χ4v) is 2.37. The minimum atomic E-state index is -0.437. The lowest BCUT2D eigenvalue weighted by molar-refractivity contribution is -0.115. The molecule has 4 nitrogen and oxygen atoms in total. The molecule has 0 aromatic heterocycles. The smallest absolute Gasteiger partial charge is 0.410 e. The SMILES string of the molecule is CCCCC1(CC)CN(C(=O)OC(C)(C)C)CCO1. The molecule has 4 heteroatoms. The maximum absolute atomic E-state index is 12.1. The molecule has 1 unspecified atom stereocenters. The lowest BCUT2D eigenvalue weighted by Crippen LogP contribution is -2.54. The average Bonchev–Trinajstić information content (AvgIpc) is 2.34. The second-order valence-corrected chi connectivity index (χ2v) is 6.39. The van der Waals surface area contributed by atoms with Crippen LogP contribution in [-0.4, -0.2) is 41.9 Å². The lowest BCUT2D eigenvalue weighted by Gasteiger charge is -2.42. The van der Waals surface area contributed by atoms with Crippen LogP contribution in [0.1, 0.15) is 60.3 Å². The normalized spacial score (nSPS) is 24.4. The first-order valence-electron chi connectivity index (χ1n) is 7.44. The van der Waals surface area contributed by atoms with Crippen molar-refractivity contribution in [2.75, 3.05) is 19.7 Å². The largest absolute Gasteiger partial charge is 0.444 e. The van der Waals surface area contributed by atoms with Gasteiger partial charge in [-0.1, -0.05) is 26.7 Å². The summed E-state index contributed by atoms with van der Waals surface area (Å²) in [5.41, 5.74) is -0.612. The van der Waals surface area contributed by atoms with E-state index < -0.39 is 5.60 Å². The molecule has 112 valence electrons. The molecule has 1 saturated heterocycles. The van der Waals surface area contributed by atoms with Crippen molar-refractivity contribution in [3.05, 3.63) is 0 Å². The number of amides is 1. The average molecular weight is 271 g/mol. The van der Waals surface area contributed by atoms with Gasteiger partial charge in [-0.25, -0.2) is 4.79 Å². The van der Waals surface area contributed by atoms with Crippen LogP contribution in [0.25, 0.3) is 0 Å². The molecule has 0 N–H and O–H groups in total. The Kier molecular flexibility index (Phi) is 5.65. The van der Waals surface area contributed by atoms with Gasteiger partial charge < -0.3 is 14.4 Å². The summed E-state index contributed by atoms with van der Waals surface area (Å²) < 4.78 is 11.4. The molecule has 0 aromatic carbocycles. The van der Waals surface area contributed by atoms with E-state index in [2.05, 4.69) is 13.8 Å². The monoisotopic (exact) mass is 271 g/mol. The first-order chi connectivity index (χ1) is 8.82. The van der Waals surface area contributed by atoms with Gasteiger partial charge in [0.15, 0.2) is 0 Å². The van der Waals surface area contributed by atoms with Crippen LogP contribution in [0.15, 0.2) is 0 Å². The molecular formula is C15H29NO3. The summed E-state index contributed by atoms with van der Waals surface area (Å²) in [4.78, 5) is 13.9. The van der Waals surface area contributed by atoms with Crippen molar-refractivity contribution in [3.63, 3.8) is 0 Å². The molecule has 0 aromatic rings. The highest BCUT2D eigenvalue weighted by molar-refractivity contribution is 5.68. The third-order valence-electron chi connectivity index (χ3n) is 3.53. The Balaban J connectivity index is 2.64. The van der Waals surface area contributed by atoms with E-state index in [1.165, 1.54) is 0 Å². The van der Waals surface area contributed by atoms with Gasteiger partial charge in [0.25, 0.3) is 0 Å². The molecule has 0 spiro atoms. The molecule has 1 fully saturated rings. The van der Waals surface area contributed by atoms with Gasteiger partial charge in [0, 0.05) is 6.54 Å². The summed E-state index contributed by atoms with van der Waals surface area (Å²) in [6.45, 7) is 11.9. The second-order valence-electron chi connectivity index (χ2n) is 6.39.